The van der Waals surface area contributed by atoms with Crippen LogP contribution in [0.1, 0.15) is 19.5 Å². The van der Waals surface area contributed by atoms with Crippen LogP contribution >= 0.6 is 11.3 Å². The van der Waals surface area contributed by atoms with Gasteiger partial charge in [0.2, 0.25) is 0 Å². The minimum Gasteiger partial charge on any atom is -0.332 e. The van der Waals surface area contributed by atoms with Gasteiger partial charge in [0.05, 0.1) is 12.2 Å². The van der Waals surface area contributed by atoms with Crippen molar-refractivity contribution in [3.05, 3.63) is 35.6 Å². The molecule has 0 aliphatic carbocycles. The molecule has 0 bridgehead atoms. The molecule has 0 aliphatic heterocycles. The van der Waals surface area contributed by atoms with E-state index in [1.54, 1.807) is 28.6 Å². The van der Waals surface area contributed by atoms with E-state index in [1.807, 2.05) is 31.4 Å². The number of thiazole rings is 1. The van der Waals surface area contributed by atoms with Crippen molar-refractivity contribution in [1.29, 1.82) is 0 Å². The van der Waals surface area contributed by atoms with Crippen LogP contribution in [-0.4, -0.2) is 34.0 Å². The second-order valence-electron chi connectivity index (χ2n) is 4.21. The van der Waals surface area contributed by atoms with Crippen LogP contribution in [0.15, 0.2) is 29.9 Å². The number of pyridine rings is 1. The number of carbonyl (C=O) groups is 1. The third-order valence-corrected chi connectivity index (χ3v) is 3.89. The van der Waals surface area contributed by atoms with Gasteiger partial charge in [0.15, 0.2) is 0 Å². The zero-order chi connectivity index (χ0) is 14.4. The van der Waals surface area contributed by atoms with Crippen molar-refractivity contribution in [2.75, 3.05) is 13.1 Å². The summed E-state index contributed by atoms with van der Waals surface area (Å²) in [6.07, 6.45) is 3.50. The maximum Gasteiger partial charge on any atom is 0.317 e. The largest absolute Gasteiger partial charge is 0.332 e. The Hall–Kier alpha value is -1.95. The second-order valence-corrected chi connectivity index (χ2v) is 5.07. The molecule has 0 unspecified atom stereocenters. The highest BCUT2D eigenvalue weighted by Crippen LogP contribution is 2.22. The standard InChI is InChI=1S/C14H18N4OS/c1-3-18(4-2)14(19)16-9-12-10-20-13(17-12)11-5-7-15-8-6-11/h5-8,10H,3-4,9H2,1-2H3,(H,16,19). The number of nitrogens with zero attached hydrogens (tertiary/aromatic N) is 3. The summed E-state index contributed by atoms with van der Waals surface area (Å²) in [4.78, 5) is 22.1. The summed E-state index contributed by atoms with van der Waals surface area (Å²) in [6.45, 7) is 5.81. The molecule has 20 heavy (non-hydrogen) atoms. The Morgan fingerprint density at radius 2 is 2.00 bits per heavy atom. The van der Waals surface area contributed by atoms with E-state index in [9.17, 15) is 4.79 Å². The fraction of sp³-hybridized carbons (Fsp3) is 0.357. The number of carbonyl (C=O) groups excluding carboxylic acids is 1. The number of nitrogens with one attached hydrogen (secondary N) is 1. The van der Waals surface area contributed by atoms with Gasteiger partial charge in [-0.15, -0.1) is 11.3 Å². The number of amides is 2. The average molecular weight is 290 g/mol. The van der Waals surface area contributed by atoms with E-state index in [2.05, 4.69) is 15.3 Å². The molecular weight excluding hydrogens is 272 g/mol. The molecular formula is C14H18N4OS. The van der Waals surface area contributed by atoms with Gasteiger partial charge in [0.25, 0.3) is 0 Å². The predicted molar refractivity (Wildman–Crippen MR) is 80.5 cm³/mol. The molecule has 2 heterocycles. The molecule has 0 fully saturated rings. The van der Waals surface area contributed by atoms with Crippen molar-refractivity contribution in [2.45, 2.75) is 20.4 Å². The summed E-state index contributed by atoms with van der Waals surface area (Å²) in [6, 6.07) is 3.81. The van der Waals surface area contributed by atoms with Crippen molar-refractivity contribution in [1.82, 2.24) is 20.2 Å². The molecule has 5 nitrogen and oxygen atoms in total. The van der Waals surface area contributed by atoms with Gasteiger partial charge in [-0.1, -0.05) is 0 Å². The van der Waals surface area contributed by atoms with Crippen LogP contribution in [0.25, 0.3) is 10.6 Å². The summed E-state index contributed by atoms with van der Waals surface area (Å²) in [7, 11) is 0. The van der Waals surface area contributed by atoms with E-state index in [0.29, 0.717) is 19.6 Å². The molecule has 0 radical (unpaired) electrons. The molecule has 0 spiro atoms. The maximum absolute atomic E-state index is 11.8. The lowest BCUT2D eigenvalue weighted by molar-refractivity contribution is 0.202. The van der Waals surface area contributed by atoms with Crippen molar-refractivity contribution in [2.24, 2.45) is 0 Å². The van der Waals surface area contributed by atoms with Gasteiger partial charge in [-0.25, -0.2) is 9.78 Å². The lowest BCUT2D eigenvalue weighted by Crippen LogP contribution is -2.39. The minimum absolute atomic E-state index is 0.0477. The van der Waals surface area contributed by atoms with Gasteiger partial charge in [-0.05, 0) is 26.0 Å². The Bertz CT molecular complexity index is 551. The molecule has 0 aliphatic rings. The molecule has 0 saturated heterocycles. The molecule has 0 aromatic carbocycles. The van der Waals surface area contributed by atoms with E-state index in [0.717, 1.165) is 16.3 Å². The number of aromatic nitrogens is 2. The summed E-state index contributed by atoms with van der Waals surface area (Å²) in [5, 5.41) is 5.80. The van der Waals surface area contributed by atoms with Crippen molar-refractivity contribution in [3.8, 4) is 10.6 Å². The molecule has 6 heteroatoms. The third-order valence-electron chi connectivity index (χ3n) is 2.95. The highest BCUT2D eigenvalue weighted by atomic mass is 32.1. The van der Waals surface area contributed by atoms with Gasteiger partial charge in [0, 0.05) is 36.4 Å². The van der Waals surface area contributed by atoms with Crippen LogP contribution in [-0.2, 0) is 6.54 Å². The normalized spacial score (nSPS) is 10.3. The van der Waals surface area contributed by atoms with Gasteiger partial charge in [0.1, 0.15) is 5.01 Å². The highest BCUT2D eigenvalue weighted by molar-refractivity contribution is 7.13. The Morgan fingerprint density at radius 3 is 2.65 bits per heavy atom. The maximum atomic E-state index is 11.8. The van der Waals surface area contributed by atoms with E-state index >= 15 is 0 Å². The first-order valence-electron chi connectivity index (χ1n) is 6.62. The SMILES string of the molecule is CCN(CC)C(=O)NCc1csc(-c2ccncc2)n1. The smallest absolute Gasteiger partial charge is 0.317 e. The number of hydrogen-bond donors (Lipinski definition) is 1. The van der Waals surface area contributed by atoms with E-state index in [1.165, 1.54) is 0 Å². The topological polar surface area (TPSA) is 58.1 Å². The minimum atomic E-state index is -0.0477. The van der Waals surface area contributed by atoms with E-state index in [4.69, 9.17) is 0 Å². The van der Waals surface area contributed by atoms with E-state index < -0.39 is 0 Å². The molecule has 2 aromatic heterocycles. The predicted octanol–water partition coefficient (Wildman–Crippen LogP) is 2.76. The monoisotopic (exact) mass is 290 g/mol. The average Bonchev–Trinajstić information content (AvgIpc) is 2.96. The number of rotatable bonds is 5. The van der Waals surface area contributed by atoms with Gasteiger partial charge >= 0.3 is 6.03 Å². The molecule has 0 atom stereocenters. The van der Waals surface area contributed by atoms with E-state index in [-0.39, 0.29) is 6.03 Å². The Kier molecular flexibility index (Phi) is 5.06. The van der Waals surface area contributed by atoms with Crippen molar-refractivity contribution in [3.63, 3.8) is 0 Å². The quantitative estimate of drug-likeness (QED) is 0.921. The Labute approximate surface area is 122 Å². The summed E-state index contributed by atoms with van der Waals surface area (Å²) >= 11 is 1.57. The molecule has 2 amide bonds. The lowest BCUT2D eigenvalue weighted by Gasteiger charge is -2.18. The van der Waals surface area contributed by atoms with Crippen LogP contribution in [0.5, 0.6) is 0 Å². The zero-order valence-electron chi connectivity index (χ0n) is 11.7. The first kappa shape index (κ1) is 14.5. The molecule has 0 saturated carbocycles. The fourth-order valence-corrected chi connectivity index (χ4v) is 2.63. The van der Waals surface area contributed by atoms with Crippen LogP contribution in [0.4, 0.5) is 4.79 Å². The molecule has 106 valence electrons. The van der Waals surface area contributed by atoms with Crippen molar-refractivity contribution < 1.29 is 4.79 Å². The summed E-state index contributed by atoms with van der Waals surface area (Å²) in [5.74, 6) is 0. The van der Waals surface area contributed by atoms with Crippen LogP contribution < -0.4 is 5.32 Å². The van der Waals surface area contributed by atoms with Gasteiger partial charge < -0.3 is 10.2 Å². The molecule has 1 N–H and O–H groups in total. The Balaban J connectivity index is 1.95. The third kappa shape index (κ3) is 3.54. The van der Waals surface area contributed by atoms with Gasteiger partial charge in [-0.3, -0.25) is 4.98 Å². The van der Waals surface area contributed by atoms with Crippen LogP contribution in [0, 0.1) is 0 Å². The van der Waals surface area contributed by atoms with Crippen molar-refractivity contribution >= 4 is 17.4 Å². The van der Waals surface area contributed by atoms with Crippen LogP contribution in [0.3, 0.4) is 0 Å². The second kappa shape index (κ2) is 7.00. The number of hydrogen-bond acceptors (Lipinski definition) is 4. The fourth-order valence-electron chi connectivity index (χ4n) is 1.80. The molecule has 2 aromatic rings. The first-order valence-corrected chi connectivity index (χ1v) is 7.50. The molecule has 2 rings (SSSR count). The Morgan fingerprint density at radius 1 is 1.30 bits per heavy atom. The van der Waals surface area contributed by atoms with Gasteiger partial charge in [-0.2, -0.15) is 0 Å². The number of urea groups is 1. The highest BCUT2D eigenvalue weighted by Gasteiger charge is 2.10. The summed E-state index contributed by atoms with van der Waals surface area (Å²) < 4.78 is 0. The zero-order valence-corrected chi connectivity index (χ0v) is 12.5. The van der Waals surface area contributed by atoms with Crippen LogP contribution in [0.2, 0.25) is 0 Å². The first-order chi connectivity index (χ1) is 9.74. The summed E-state index contributed by atoms with van der Waals surface area (Å²) in [5.41, 5.74) is 1.92. The lowest BCUT2D eigenvalue weighted by atomic mass is 10.3.